The SMILES string of the molecule is CCCCC(COC(CCCC)C(=O)O)OCCOC(CCCC)COC(CCCC)C(=O)O. The lowest BCUT2D eigenvalue weighted by Gasteiger charge is -2.23. The van der Waals surface area contributed by atoms with Crippen molar-refractivity contribution in [3.8, 4) is 0 Å². The summed E-state index contributed by atoms with van der Waals surface area (Å²) in [6, 6.07) is 0. The molecule has 0 aromatic rings. The van der Waals surface area contributed by atoms with Gasteiger partial charge in [0.1, 0.15) is 0 Å². The third-order valence-electron chi connectivity index (χ3n) is 5.71. The second kappa shape index (κ2) is 22.3. The summed E-state index contributed by atoms with van der Waals surface area (Å²) in [5, 5.41) is 18.7. The van der Waals surface area contributed by atoms with Crippen LogP contribution >= 0.6 is 0 Å². The predicted molar refractivity (Wildman–Crippen MR) is 132 cm³/mol. The molecule has 0 aromatic carbocycles. The maximum absolute atomic E-state index is 11.4. The molecular weight excluding hydrogens is 440 g/mol. The zero-order valence-electron chi connectivity index (χ0n) is 22.0. The number of hydrogen-bond acceptors (Lipinski definition) is 6. The van der Waals surface area contributed by atoms with Gasteiger partial charge in [0, 0.05) is 0 Å². The van der Waals surface area contributed by atoms with E-state index in [1.54, 1.807) is 0 Å². The van der Waals surface area contributed by atoms with Gasteiger partial charge in [-0.3, -0.25) is 0 Å². The molecule has 4 atom stereocenters. The van der Waals surface area contributed by atoms with Crippen molar-refractivity contribution >= 4 is 11.9 Å². The fourth-order valence-corrected chi connectivity index (χ4v) is 3.50. The van der Waals surface area contributed by atoms with E-state index in [2.05, 4.69) is 13.8 Å². The van der Waals surface area contributed by atoms with E-state index >= 15 is 0 Å². The van der Waals surface area contributed by atoms with Crippen molar-refractivity contribution in [1.29, 1.82) is 0 Å². The van der Waals surface area contributed by atoms with Crippen LogP contribution in [0.1, 0.15) is 105 Å². The number of aliphatic carboxylic acids is 2. The van der Waals surface area contributed by atoms with Crippen LogP contribution in [0.15, 0.2) is 0 Å². The Kier molecular flexibility index (Phi) is 21.5. The Morgan fingerprint density at radius 1 is 0.559 bits per heavy atom. The first-order valence-corrected chi connectivity index (χ1v) is 13.3. The molecule has 34 heavy (non-hydrogen) atoms. The summed E-state index contributed by atoms with van der Waals surface area (Å²) >= 11 is 0. The molecule has 0 spiro atoms. The van der Waals surface area contributed by atoms with Crippen molar-refractivity contribution in [3.05, 3.63) is 0 Å². The van der Waals surface area contributed by atoms with E-state index in [-0.39, 0.29) is 25.4 Å². The van der Waals surface area contributed by atoms with Crippen LogP contribution in [0.2, 0.25) is 0 Å². The number of carboxylic acid groups (broad SMARTS) is 2. The van der Waals surface area contributed by atoms with E-state index in [0.29, 0.717) is 26.1 Å². The molecule has 0 heterocycles. The summed E-state index contributed by atoms with van der Waals surface area (Å²) in [6.07, 6.45) is 8.13. The van der Waals surface area contributed by atoms with Crippen molar-refractivity contribution in [3.63, 3.8) is 0 Å². The molecule has 0 aliphatic rings. The minimum atomic E-state index is -0.927. The standard InChI is InChI=1S/C26H50O8/c1-5-9-13-21(19-33-23(25(27)28)15-11-7-3)31-17-18-32-22(14-10-6-2)20-34-24(26(29)30)16-12-8-4/h21-24H,5-20H2,1-4H3,(H,27,28)(H,29,30). The Bertz CT molecular complexity index is 455. The highest BCUT2D eigenvalue weighted by Crippen LogP contribution is 2.13. The topological polar surface area (TPSA) is 112 Å². The molecule has 0 saturated heterocycles. The van der Waals surface area contributed by atoms with Gasteiger partial charge in [-0.2, -0.15) is 0 Å². The van der Waals surface area contributed by atoms with Crippen LogP contribution in [0, 0.1) is 0 Å². The lowest BCUT2D eigenvalue weighted by atomic mass is 10.1. The van der Waals surface area contributed by atoms with Gasteiger partial charge >= 0.3 is 11.9 Å². The maximum atomic E-state index is 11.4. The van der Waals surface area contributed by atoms with Crippen LogP contribution in [-0.4, -0.2) is 73.0 Å². The number of ether oxygens (including phenoxy) is 4. The summed E-state index contributed by atoms with van der Waals surface area (Å²) in [7, 11) is 0. The summed E-state index contributed by atoms with van der Waals surface area (Å²) in [6.45, 7) is 9.49. The first-order valence-electron chi connectivity index (χ1n) is 13.3. The fraction of sp³-hybridized carbons (Fsp3) is 0.923. The monoisotopic (exact) mass is 490 g/mol. The molecule has 0 radical (unpaired) electrons. The molecule has 0 aliphatic heterocycles. The smallest absolute Gasteiger partial charge is 0.332 e. The van der Waals surface area contributed by atoms with Crippen LogP contribution in [0.3, 0.4) is 0 Å². The number of unbranched alkanes of at least 4 members (excludes halogenated alkanes) is 4. The molecule has 0 bridgehead atoms. The van der Waals surface area contributed by atoms with Crippen molar-refractivity contribution in [2.75, 3.05) is 26.4 Å². The Labute approximate surface area is 206 Å². The lowest BCUT2D eigenvalue weighted by Crippen LogP contribution is -2.32. The Morgan fingerprint density at radius 2 is 0.882 bits per heavy atom. The van der Waals surface area contributed by atoms with Gasteiger partial charge < -0.3 is 29.2 Å². The Balaban J connectivity index is 4.61. The third-order valence-corrected chi connectivity index (χ3v) is 5.71. The van der Waals surface area contributed by atoms with E-state index in [1.165, 1.54) is 0 Å². The van der Waals surface area contributed by atoms with E-state index < -0.39 is 24.1 Å². The average molecular weight is 491 g/mol. The van der Waals surface area contributed by atoms with Gasteiger partial charge in [-0.1, -0.05) is 79.1 Å². The first kappa shape index (κ1) is 32.8. The van der Waals surface area contributed by atoms with Gasteiger partial charge in [-0.25, -0.2) is 9.59 Å². The maximum Gasteiger partial charge on any atom is 0.332 e. The summed E-state index contributed by atoms with van der Waals surface area (Å²) in [4.78, 5) is 22.9. The minimum absolute atomic E-state index is 0.178. The second-order valence-electron chi connectivity index (χ2n) is 8.87. The van der Waals surface area contributed by atoms with Crippen molar-refractivity contribution < 1.29 is 38.7 Å². The zero-order chi connectivity index (χ0) is 25.6. The van der Waals surface area contributed by atoms with E-state index in [0.717, 1.165) is 64.2 Å². The average Bonchev–Trinajstić information content (AvgIpc) is 2.81. The van der Waals surface area contributed by atoms with Crippen LogP contribution in [0.25, 0.3) is 0 Å². The minimum Gasteiger partial charge on any atom is -0.479 e. The second-order valence-corrected chi connectivity index (χ2v) is 8.87. The van der Waals surface area contributed by atoms with Gasteiger partial charge in [0.2, 0.25) is 0 Å². The quantitative estimate of drug-likeness (QED) is 0.162. The molecule has 2 N–H and O–H groups in total. The summed E-state index contributed by atoms with van der Waals surface area (Å²) in [5.74, 6) is -1.85. The zero-order valence-corrected chi connectivity index (χ0v) is 22.0. The van der Waals surface area contributed by atoms with Gasteiger partial charge in [0.15, 0.2) is 12.2 Å². The molecule has 0 saturated carbocycles. The van der Waals surface area contributed by atoms with Crippen LogP contribution in [0.5, 0.6) is 0 Å². The molecule has 202 valence electrons. The van der Waals surface area contributed by atoms with Gasteiger partial charge in [-0.05, 0) is 25.7 Å². The number of rotatable bonds is 25. The van der Waals surface area contributed by atoms with Gasteiger partial charge in [0.25, 0.3) is 0 Å². The van der Waals surface area contributed by atoms with Crippen LogP contribution in [-0.2, 0) is 28.5 Å². The molecule has 0 amide bonds. The Hall–Kier alpha value is -1.22. The fourth-order valence-electron chi connectivity index (χ4n) is 3.50. The molecule has 8 nitrogen and oxygen atoms in total. The van der Waals surface area contributed by atoms with E-state index in [1.807, 2.05) is 13.8 Å². The molecule has 0 rings (SSSR count). The molecule has 0 aromatic heterocycles. The van der Waals surface area contributed by atoms with E-state index in [9.17, 15) is 19.8 Å². The van der Waals surface area contributed by atoms with Crippen LogP contribution < -0.4 is 0 Å². The normalized spacial score (nSPS) is 15.1. The Morgan fingerprint density at radius 3 is 1.18 bits per heavy atom. The molecule has 0 aliphatic carbocycles. The van der Waals surface area contributed by atoms with Crippen molar-refractivity contribution in [2.45, 2.75) is 129 Å². The molecule has 8 heteroatoms. The summed E-state index contributed by atoms with van der Waals surface area (Å²) in [5.41, 5.74) is 0. The predicted octanol–water partition coefficient (Wildman–Crippen LogP) is 5.46. The highest BCUT2D eigenvalue weighted by Gasteiger charge is 2.21. The van der Waals surface area contributed by atoms with Crippen molar-refractivity contribution in [2.24, 2.45) is 0 Å². The molecule has 0 fully saturated rings. The highest BCUT2D eigenvalue weighted by molar-refractivity contribution is 5.72. The van der Waals surface area contributed by atoms with Crippen molar-refractivity contribution in [1.82, 2.24) is 0 Å². The summed E-state index contributed by atoms with van der Waals surface area (Å²) < 4.78 is 23.3. The van der Waals surface area contributed by atoms with Crippen LogP contribution in [0.4, 0.5) is 0 Å². The number of carboxylic acids is 2. The van der Waals surface area contributed by atoms with Gasteiger partial charge in [0.05, 0.1) is 38.6 Å². The number of carbonyl (C=O) groups is 2. The third kappa shape index (κ3) is 17.2. The lowest BCUT2D eigenvalue weighted by molar-refractivity contribution is -0.156. The van der Waals surface area contributed by atoms with Gasteiger partial charge in [-0.15, -0.1) is 0 Å². The largest absolute Gasteiger partial charge is 0.479 e. The van der Waals surface area contributed by atoms with E-state index in [4.69, 9.17) is 18.9 Å². The molecule has 4 unspecified atom stereocenters. The first-order chi connectivity index (χ1) is 16.4. The highest BCUT2D eigenvalue weighted by atomic mass is 16.6. The number of hydrogen-bond donors (Lipinski definition) is 2. The molecular formula is C26H50O8.